The lowest BCUT2D eigenvalue weighted by molar-refractivity contribution is 0.585. The van der Waals surface area contributed by atoms with Gasteiger partial charge in [-0.05, 0) is 6.42 Å². The minimum absolute atomic E-state index is 0.151. The first-order valence-electron chi connectivity index (χ1n) is 3.69. The minimum atomic E-state index is -2.72. The van der Waals surface area contributed by atoms with E-state index in [0.717, 1.165) is 6.42 Å². The van der Waals surface area contributed by atoms with E-state index in [1.165, 1.54) is 0 Å². The number of sulfone groups is 1. The van der Waals surface area contributed by atoms with E-state index in [0.29, 0.717) is 18.1 Å². The van der Waals surface area contributed by atoms with E-state index in [4.69, 9.17) is 0 Å². The van der Waals surface area contributed by atoms with Gasteiger partial charge in [-0.3, -0.25) is 0 Å². The third-order valence-electron chi connectivity index (χ3n) is 1.78. The second-order valence-electron chi connectivity index (χ2n) is 2.80. The van der Waals surface area contributed by atoms with Crippen LogP contribution >= 0.6 is 0 Å². The van der Waals surface area contributed by atoms with Crippen LogP contribution in [0.4, 0.5) is 0 Å². The van der Waals surface area contributed by atoms with Gasteiger partial charge in [-0.15, -0.1) is 6.58 Å². The van der Waals surface area contributed by atoms with Crippen LogP contribution in [0.3, 0.4) is 0 Å². The molecule has 1 N–H and O–H groups in total. The molecular weight excluding hydrogens is 162 g/mol. The molecule has 1 aliphatic rings. The van der Waals surface area contributed by atoms with Gasteiger partial charge >= 0.3 is 0 Å². The molecule has 0 aliphatic carbocycles. The Kier molecular flexibility index (Phi) is 2.67. The van der Waals surface area contributed by atoms with Crippen molar-refractivity contribution in [3.8, 4) is 0 Å². The van der Waals surface area contributed by atoms with E-state index >= 15 is 0 Å². The molecule has 0 aromatic rings. The van der Waals surface area contributed by atoms with Crippen LogP contribution in [0, 0.1) is 0 Å². The summed E-state index contributed by atoms with van der Waals surface area (Å²) < 4.78 is 21.9. The van der Waals surface area contributed by atoms with Crippen molar-refractivity contribution in [1.29, 1.82) is 0 Å². The number of nitrogens with one attached hydrogen (secondary N) is 1. The summed E-state index contributed by atoms with van der Waals surface area (Å²) in [5, 5.41) is 3.09. The Bertz CT molecular complexity index is 233. The maximum Gasteiger partial charge on any atom is 0.151 e. The van der Waals surface area contributed by atoms with Crippen LogP contribution in [-0.2, 0) is 9.84 Å². The largest absolute Gasteiger partial charge is 0.309 e. The van der Waals surface area contributed by atoms with E-state index in [-0.39, 0.29) is 6.04 Å². The molecule has 0 saturated carbocycles. The highest BCUT2D eigenvalue weighted by molar-refractivity contribution is 7.91. The van der Waals surface area contributed by atoms with Crippen molar-refractivity contribution in [1.82, 2.24) is 5.32 Å². The molecule has 0 aromatic heterocycles. The topological polar surface area (TPSA) is 46.2 Å². The van der Waals surface area contributed by atoms with Gasteiger partial charge in [0.1, 0.15) is 0 Å². The van der Waals surface area contributed by atoms with E-state index in [1.54, 1.807) is 6.08 Å². The third kappa shape index (κ3) is 2.63. The number of hydrogen-bond acceptors (Lipinski definition) is 3. The van der Waals surface area contributed by atoms with E-state index in [9.17, 15) is 8.42 Å². The molecule has 1 aliphatic heterocycles. The van der Waals surface area contributed by atoms with Gasteiger partial charge in [0, 0.05) is 12.6 Å². The Hall–Kier alpha value is -0.350. The molecule has 11 heavy (non-hydrogen) atoms. The van der Waals surface area contributed by atoms with Crippen molar-refractivity contribution in [2.45, 2.75) is 12.5 Å². The predicted octanol–water partition coefficient (Wildman–Crippen LogP) is -0.0509. The van der Waals surface area contributed by atoms with Crippen LogP contribution in [0.1, 0.15) is 6.42 Å². The molecule has 64 valence electrons. The Morgan fingerprint density at radius 1 is 1.64 bits per heavy atom. The molecule has 1 saturated heterocycles. The van der Waals surface area contributed by atoms with Crippen molar-refractivity contribution in [3.63, 3.8) is 0 Å². The predicted molar refractivity (Wildman–Crippen MR) is 45.3 cm³/mol. The standard InChI is InChI=1S/C7H13NO2S/c1-2-4-8-7-3-5-11(9,10)6-7/h2,7-8H,1,3-6H2/t7-/m0/s1. The average Bonchev–Trinajstić information content (AvgIpc) is 2.26. The summed E-state index contributed by atoms with van der Waals surface area (Å²) in [6.07, 6.45) is 2.49. The van der Waals surface area contributed by atoms with Crippen molar-refractivity contribution >= 4 is 9.84 Å². The van der Waals surface area contributed by atoms with Gasteiger partial charge < -0.3 is 5.32 Å². The summed E-state index contributed by atoms with van der Waals surface area (Å²) in [5.41, 5.74) is 0. The molecule has 0 unspecified atom stereocenters. The van der Waals surface area contributed by atoms with E-state index in [2.05, 4.69) is 11.9 Å². The summed E-state index contributed by atoms with van der Waals surface area (Å²) in [5.74, 6) is 0.628. The van der Waals surface area contributed by atoms with Gasteiger partial charge in [-0.2, -0.15) is 0 Å². The first-order valence-corrected chi connectivity index (χ1v) is 5.51. The fourth-order valence-electron chi connectivity index (χ4n) is 1.21. The molecule has 1 atom stereocenters. The lowest BCUT2D eigenvalue weighted by Gasteiger charge is -2.06. The summed E-state index contributed by atoms with van der Waals surface area (Å²) >= 11 is 0. The second-order valence-corrected chi connectivity index (χ2v) is 5.03. The third-order valence-corrected chi connectivity index (χ3v) is 3.55. The lowest BCUT2D eigenvalue weighted by atomic mass is 10.3. The van der Waals surface area contributed by atoms with Crippen LogP contribution in [0.15, 0.2) is 12.7 Å². The Labute approximate surface area is 67.4 Å². The monoisotopic (exact) mass is 175 g/mol. The summed E-state index contributed by atoms with van der Waals surface area (Å²) in [6.45, 7) is 4.24. The Morgan fingerprint density at radius 2 is 2.36 bits per heavy atom. The molecule has 0 bridgehead atoms. The van der Waals surface area contributed by atoms with E-state index in [1.807, 2.05) is 0 Å². The van der Waals surface area contributed by atoms with Gasteiger partial charge in [0.2, 0.25) is 0 Å². The van der Waals surface area contributed by atoms with Gasteiger partial charge in [-0.1, -0.05) is 6.08 Å². The first-order chi connectivity index (χ1) is 5.14. The minimum Gasteiger partial charge on any atom is -0.309 e. The highest BCUT2D eigenvalue weighted by Crippen LogP contribution is 2.10. The van der Waals surface area contributed by atoms with Crippen molar-refractivity contribution < 1.29 is 8.42 Å². The fourth-order valence-corrected chi connectivity index (χ4v) is 2.91. The van der Waals surface area contributed by atoms with Crippen LogP contribution in [0.25, 0.3) is 0 Å². The molecule has 1 rings (SSSR count). The van der Waals surface area contributed by atoms with Crippen molar-refractivity contribution in [3.05, 3.63) is 12.7 Å². The summed E-state index contributed by atoms with van der Waals surface area (Å²) in [6, 6.07) is 0.151. The Balaban J connectivity index is 2.36. The molecular formula is C7H13NO2S. The van der Waals surface area contributed by atoms with Gasteiger partial charge in [0.15, 0.2) is 9.84 Å². The summed E-state index contributed by atoms with van der Waals surface area (Å²) in [7, 11) is -2.72. The molecule has 0 amide bonds. The van der Waals surface area contributed by atoms with E-state index < -0.39 is 9.84 Å². The second kappa shape index (κ2) is 3.36. The smallest absolute Gasteiger partial charge is 0.151 e. The maximum atomic E-state index is 10.9. The average molecular weight is 175 g/mol. The van der Waals surface area contributed by atoms with Crippen LogP contribution in [0.2, 0.25) is 0 Å². The molecule has 0 spiro atoms. The fraction of sp³-hybridized carbons (Fsp3) is 0.714. The van der Waals surface area contributed by atoms with Crippen LogP contribution in [0.5, 0.6) is 0 Å². The maximum absolute atomic E-state index is 10.9. The normalized spacial score (nSPS) is 28.5. The quantitative estimate of drug-likeness (QED) is 0.612. The van der Waals surface area contributed by atoms with Crippen molar-refractivity contribution in [2.24, 2.45) is 0 Å². The zero-order chi connectivity index (χ0) is 8.32. The lowest BCUT2D eigenvalue weighted by Crippen LogP contribution is -2.29. The molecule has 1 heterocycles. The molecule has 1 fully saturated rings. The molecule has 0 radical (unpaired) electrons. The molecule has 3 nitrogen and oxygen atoms in total. The Morgan fingerprint density at radius 3 is 2.82 bits per heavy atom. The summed E-state index contributed by atoms with van der Waals surface area (Å²) in [4.78, 5) is 0. The molecule has 0 aromatic carbocycles. The molecule has 4 heteroatoms. The highest BCUT2D eigenvalue weighted by Gasteiger charge is 2.26. The zero-order valence-electron chi connectivity index (χ0n) is 6.41. The van der Waals surface area contributed by atoms with Crippen LogP contribution in [-0.4, -0.2) is 32.5 Å². The van der Waals surface area contributed by atoms with Crippen molar-refractivity contribution in [2.75, 3.05) is 18.1 Å². The highest BCUT2D eigenvalue weighted by atomic mass is 32.2. The first kappa shape index (κ1) is 8.74. The zero-order valence-corrected chi connectivity index (χ0v) is 7.23. The SMILES string of the molecule is C=CCN[C@H]1CCS(=O)(=O)C1. The van der Waals surface area contributed by atoms with Gasteiger partial charge in [0.25, 0.3) is 0 Å². The van der Waals surface area contributed by atoms with Gasteiger partial charge in [-0.25, -0.2) is 8.42 Å². The van der Waals surface area contributed by atoms with Crippen LogP contribution < -0.4 is 5.32 Å². The number of rotatable bonds is 3. The van der Waals surface area contributed by atoms with Gasteiger partial charge in [0.05, 0.1) is 11.5 Å². The number of hydrogen-bond donors (Lipinski definition) is 1.